The molecule has 2 rings (SSSR count). The van der Waals surface area contributed by atoms with Crippen LogP contribution in [0.1, 0.15) is 58.8 Å². The van der Waals surface area contributed by atoms with Crippen LogP contribution in [0.5, 0.6) is 0 Å². The molecule has 1 saturated carbocycles. The van der Waals surface area contributed by atoms with Crippen molar-refractivity contribution >= 4 is 12.0 Å². The molecule has 2 aliphatic rings. The summed E-state index contributed by atoms with van der Waals surface area (Å²) in [5, 5.41) is 12.4. The number of carboxylic acid groups (broad SMARTS) is 1. The van der Waals surface area contributed by atoms with Crippen molar-refractivity contribution < 1.29 is 14.7 Å². The van der Waals surface area contributed by atoms with Gasteiger partial charge in [-0.1, -0.05) is 26.2 Å². The zero-order valence-corrected chi connectivity index (χ0v) is 13.2. The number of amides is 2. The van der Waals surface area contributed by atoms with Gasteiger partial charge in [0.05, 0.1) is 5.41 Å². The van der Waals surface area contributed by atoms with Crippen LogP contribution >= 0.6 is 0 Å². The summed E-state index contributed by atoms with van der Waals surface area (Å²) in [6.45, 7) is 4.69. The second-order valence-corrected chi connectivity index (χ2v) is 6.90. The van der Waals surface area contributed by atoms with Gasteiger partial charge in [0.25, 0.3) is 0 Å². The van der Waals surface area contributed by atoms with Crippen LogP contribution in [0.2, 0.25) is 0 Å². The summed E-state index contributed by atoms with van der Waals surface area (Å²) in [5.74, 6) is -0.224. The summed E-state index contributed by atoms with van der Waals surface area (Å²) >= 11 is 0. The van der Waals surface area contributed by atoms with Gasteiger partial charge in [0.1, 0.15) is 0 Å². The molecule has 0 aromatic carbocycles. The molecule has 1 saturated heterocycles. The minimum absolute atomic E-state index is 0.0857. The average Bonchev–Trinajstić information content (AvgIpc) is 2.89. The van der Waals surface area contributed by atoms with Crippen molar-refractivity contribution in [2.24, 2.45) is 11.3 Å². The molecule has 0 bridgehead atoms. The maximum Gasteiger partial charge on any atom is 0.317 e. The maximum absolute atomic E-state index is 12.4. The highest BCUT2D eigenvalue weighted by Crippen LogP contribution is 2.31. The molecule has 2 unspecified atom stereocenters. The molecule has 1 heterocycles. The van der Waals surface area contributed by atoms with E-state index in [1.165, 1.54) is 32.1 Å². The number of aliphatic carboxylic acids is 1. The van der Waals surface area contributed by atoms with Gasteiger partial charge in [-0.2, -0.15) is 0 Å². The highest BCUT2D eigenvalue weighted by atomic mass is 16.4. The van der Waals surface area contributed by atoms with E-state index in [1.54, 1.807) is 11.8 Å². The van der Waals surface area contributed by atoms with Crippen LogP contribution in [0.4, 0.5) is 4.79 Å². The van der Waals surface area contributed by atoms with Crippen LogP contribution in [-0.4, -0.2) is 41.1 Å². The molecule has 2 atom stereocenters. The Hall–Kier alpha value is -1.26. The van der Waals surface area contributed by atoms with Crippen LogP contribution in [-0.2, 0) is 4.79 Å². The number of urea groups is 1. The SMILES string of the molecule is CCC(NC(=O)N1CCC(C)(C(=O)O)C1)C1CCCCC1. The lowest BCUT2D eigenvalue weighted by Gasteiger charge is -2.32. The Bertz CT molecular complexity index is 393. The largest absolute Gasteiger partial charge is 0.481 e. The van der Waals surface area contributed by atoms with Gasteiger partial charge in [-0.25, -0.2) is 4.79 Å². The third-order valence-electron chi connectivity index (χ3n) is 5.24. The fourth-order valence-electron chi connectivity index (χ4n) is 3.65. The van der Waals surface area contributed by atoms with E-state index in [-0.39, 0.29) is 12.1 Å². The van der Waals surface area contributed by atoms with E-state index in [9.17, 15) is 14.7 Å². The minimum Gasteiger partial charge on any atom is -0.481 e. The number of nitrogens with one attached hydrogen (secondary N) is 1. The predicted octanol–water partition coefficient (Wildman–Crippen LogP) is 2.85. The number of hydrogen-bond acceptors (Lipinski definition) is 2. The molecular weight excluding hydrogens is 268 g/mol. The van der Waals surface area contributed by atoms with Gasteiger partial charge in [-0.05, 0) is 38.5 Å². The minimum atomic E-state index is -0.808. The monoisotopic (exact) mass is 296 g/mol. The van der Waals surface area contributed by atoms with Gasteiger partial charge in [0.2, 0.25) is 0 Å². The molecule has 0 aromatic rings. The van der Waals surface area contributed by atoms with Crippen molar-refractivity contribution in [1.29, 1.82) is 0 Å². The van der Waals surface area contributed by atoms with E-state index in [0.717, 1.165) is 6.42 Å². The summed E-state index contributed by atoms with van der Waals surface area (Å²) in [6, 6.07) is 0.145. The van der Waals surface area contributed by atoms with Crippen molar-refractivity contribution in [1.82, 2.24) is 10.2 Å². The van der Waals surface area contributed by atoms with E-state index in [0.29, 0.717) is 25.4 Å². The average molecular weight is 296 g/mol. The van der Waals surface area contributed by atoms with E-state index >= 15 is 0 Å². The van der Waals surface area contributed by atoms with Gasteiger partial charge in [-0.3, -0.25) is 4.79 Å². The number of carbonyl (C=O) groups excluding carboxylic acids is 1. The molecule has 120 valence electrons. The predicted molar refractivity (Wildman–Crippen MR) is 81.1 cm³/mol. The van der Waals surface area contributed by atoms with Crippen LogP contribution in [0.25, 0.3) is 0 Å². The number of likely N-dealkylation sites (tertiary alicyclic amines) is 1. The normalized spacial score (nSPS) is 28.4. The Kier molecular flexibility index (Phi) is 5.12. The van der Waals surface area contributed by atoms with Crippen LogP contribution in [0.15, 0.2) is 0 Å². The Morgan fingerprint density at radius 3 is 2.52 bits per heavy atom. The van der Waals surface area contributed by atoms with Crippen molar-refractivity contribution in [2.75, 3.05) is 13.1 Å². The summed E-state index contributed by atoms with van der Waals surface area (Å²) in [6.07, 6.45) is 7.72. The van der Waals surface area contributed by atoms with Gasteiger partial charge in [-0.15, -0.1) is 0 Å². The zero-order valence-electron chi connectivity index (χ0n) is 13.2. The first-order valence-corrected chi connectivity index (χ1v) is 8.25. The Morgan fingerprint density at radius 2 is 2.00 bits per heavy atom. The Balaban J connectivity index is 1.89. The second-order valence-electron chi connectivity index (χ2n) is 6.90. The van der Waals surface area contributed by atoms with Crippen LogP contribution in [0, 0.1) is 11.3 Å². The van der Waals surface area contributed by atoms with Crippen LogP contribution < -0.4 is 5.32 Å². The first-order chi connectivity index (χ1) is 9.96. The lowest BCUT2D eigenvalue weighted by Crippen LogP contribution is -2.47. The van der Waals surface area contributed by atoms with Gasteiger partial charge < -0.3 is 15.3 Å². The number of hydrogen-bond donors (Lipinski definition) is 2. The highest BCUT2D eigenvalue weighted by Gasteiger charge is 2.42. The molecule has 0 aromatic heterocycles. The lowest BCUT2D eigenvalue weighted by molar-refractivity contribution is -0.147. The van der Waals surface area contributed by atoms with Gasteiger partial charge >= 0.3 is 12.0 Å². The fraction of sp³-hybridized carbons (Fsp3) is 0.875. The second kappa shape index (κ2) is 6.67. The fourth-order valence-corrected chi connectivity index (χ4v) is 3.65. The van der Waals surface area contributed by atoms with Crippen molar-refractivity contribution in [3.05, 3.63) is 0 Å². The summed E-state index contributed by atoms with van der Waals surface area (Å²) in [5.41, 5.74) is -0.788. The molecule has 2 N–H and O–H groups in total. The smallest absolute Gasteiger partial charge is 0.317 e. The topological polar surface area (TPSA) is 69.6 Å². The molecule has 1 aliphatic carbocycles. The third-order valence-corrected chi connectivity index (χ3v) is 5.24. The number of carboxylic acids is 1. The maximum atomic E-state index is 12.4. The molecule has 2 fully saturated rings. The molecule has 0 spiro atoms. The number of nitrogens with zero attached hydrogens (tertiary/aromatic N) is 1. The van der Waals surface area contributed by atoms with E-state index in [2.05, 4.69) is 12.2 Å². The molecule has 2 amide bonds. The van der Waals surface area contributed by atoms with E-state index in [1.807, 2.05) is 0 Å². The molecule has 5 nitrogen and oxygen atoms in total. The third kappa shape index (κ3) is 3.69. The molecular formula is C16H28N2O3. The first kappa shape index (κ1) is 16.1. The quantitative estimate of drug-likeness (QED) is 0.838. The van der Waals surface area contributed by atoms with Crippen molar-refractivity contribution in [2.45, 2.75) is 64.8 Å². The van der Waals surface area contributed by atoms with E-state index < -0.39 is 11.4 Å². The molecule has 1 aliphatic heterocycles. The number of carbonyl (C=O) groups is 2. The lowest BCUT2D eigenvalue weighted by atomic mass is 9.83. The molecule has 21 heavy (non-hydrogen) atoms. The van der Waals surface area contributed by atoms with Crippen LogP contribution in [0.3, 0.4) is 0 Å². The standard InChI is InChI=1S/C16H28N2O3/c1-3-13(12-7-5-4-6-8-12)17-15(21)18-10-9-16(2,11-18)14(19)20/h12-13H,3-11H2,1-2H3,(H,17,21)(H,19,20). The molecule has 0 radical (unpaired) electrons. The zero-order chi connectivity index (χ0) is 15.5. The van der Waals surface area contributed by atoms with E-state index in [4.69, 9.17) is 0 Å². The number of rotatable bonds is 4. The summed E-state index contributed by atoms with van der Waals surface area (Å²) in [7, 11) is 0. The molecule has 5 heteroatoms. The van der Waals surface area contributed by atoms with Crippen molar-refractivity contribution in [3.8, 4) is 0 Å². The van der Waals surface area contributed by atoms with Crippen molar-refractivity contribution in [3.63, 3.8) is 0 Å². The first-order valence-electron chi connectivity index (χ1n) is 8.25. The summed E-state index contributed by atoms with van der Waals surface area (Å²) in [4.78, 5) is 25.3. The van der Waals surface area contributed by atoms with Gasteiger partial charge in [0.15, 0.2) is 0 Å². The highest BCUT2D eigenvalue weighted by molar-refractivity contribution is 5.79. The Labute approximate surface area is 127 Å². The Morgan fingerprint density at radius 1 is 1.33 bits per heavy atom. The van der Waals surface area contributed by atoms with Gasteiger partial charge in [0, 0.05) is 19.1 Å². The summed E-state index contributed by atoms with van der Waals surface area (Å²) < 4.78 is 0.